The van der Waals surface area contributed by atoms with Gasteiger partial charge in [-0.1, -0.05) is 12.1 Å². The normalized spacial score (nSPS) is 19.9. The fraction of sp³-hybridized carbons (Fsp3) is 0.500. The number of carbonyl (C=O) groups is 1. The molecule has 1 aromatic carbocycles. The minimum absolute atomic E-state index is 0.0496. The number of hydrogen-bond donors (Lipinski definition) is 1. The molecule has 1 atom stereocenters. The lowest BCUT2D eigenvalue weighted by atomic mass is 10.1. The Labute approximate surface area is 113 Å². The van der Waals surface area contributed by atoms with Gasteiger partial charge in [-0.2, -0.15) is 0 Å². The second-order valence-electron chi connectivity index (χ2n) is 4.80. The van der Waals surface area contributed by atoms with Crippen LogP contribution in [0.2, 0.25) is 0 Å². The van der Waals surface area contributed by atoms with Crippen molar-refractivity contribution in [2.24, 2.45) is 5.73 Å². The highest BCUT2D eigenvalue weighted by Gasteiger charge is 2.31. The van der Waals surface area contributed by atoms with Crippen LogP contribution < -0.4 is 15.4 Å². The summed E-state index contributed by atoms with van der Waals surface area (Å²) >= 11 is 0. The molecule has 1 aliphatic heterocycles. The zero-order valence-electron chi connectivity index (χ0n) is 11.3. The average molecular weight is 264 g/mol. The highest BCUT2D eigenvalue weighted by atomic mass is 16.5. The van der Waals surface area contributed by atoms with Gasteiger partial charge in [0.25, 0.3) is 5.91 Å². The zero-order valence-corrected chi connectivity index (χ0v) is 11.3. The maximum absolute atomic E-state index is 12.1. The van der Waals surface area contributed by atoms with Gasteiger partial charge in [0.1, 0.15) is 12.4 Å². The molecule has 104 valence electrons. The van der Waals surface area contributed by atoms with E-state index in [1.165, 1.54) is 0 Å². The number of nitrogens with two attached hydrogens (primary N) is 1. The van der Waals surface area contributed by atoms with Crippen LogP contribution in [-0.2, 0) is 9.53 Å². The number of hydrogen-bond acceptors (Lipinski definition) is 4. The predicted octanol–water partition coefficient (Wildman–Crippen LogP) is 1.16. The summed E-state index contributed by atoms with van der Waals surface area (Å²) in [6.07, 6.45) is 0.0496. The molecule has 19 heavy (non-hydrogen) atoms. The standard InChI is InChI=1S/C14H20N2O3/c1-10(2)19-13-6-4-3-5-12(13)16-11(7-15)8-18-9-14(16)17/h3-6,10-11H,7-9,15H2,1-2H3. The number of anilines is 1. The molecule has 1 saturated heterocycles. The van der Waals surface area contributed by atoms with Crippen LogP contribution in [-0.4, -0.2) is 37.8 Å². The van der Waals surface area contributed by atoms with E-state index in [9.17, 15) is 4.79 Å². The summed E-state index contributed by atoms with van der Waals surface area (Å²) in [5.41, 5.74) is 6.49. The third-order valence-electron chi connectivity index (χ3n) is 2.93. The summed E-state index contributed by atoms with van der Waals surface area (Å²) in [6.45, 7) is 4.82. The monoisotopic (exact) mass is 264 g/mol. The fourth-order valence-corrected chi connectivity index (χ4v) is 2.14. The van der Waals surface area contributed by atoms with Gasteiger partial charge in [0, 0.05) is 6.54 Å². The van der Waals surface area contributed by atoms with Crippen molar-refractivity contribution in [3.05, 3.63) is 24.3 Å². The van der Waals surface area contributed by atoms with Crippen LogP contribution in [0, 0.1) is 0 Å². The van der Waals surface area contributed by atoms with Crippen molar-refractivity contribution in [1.29, 1.82) is 0 Å². The number of para-hydroxylation sites is 2. The van der Waals surface area contributed by atoms with Gasteiger partial charge in [0.05, 0.1) is 24.4 Å². The Balaban J connectivity index is 2.35. The minimum atomic E-state index is -0.141. The molecule has 5 nitrogen and oxygen atoms in total. The summed E-state index contributed by atoms with van der Waals surface area (Å²) in [7, 11) is 0. The molecule has 2 rings (SSSR count). The number of morpholine rings is 1. The van der Waals surface area contributed by atoms with Crippen LogP contribution in [0.3, 0.4) is 0 Å². The SMILES string of the molecule is CC(C)Oc1ccccc1N1C(=O)COCC1CN. The Morgan fingerprint density at radius 2 is 2.21 bits per heavy atom. The van der Waals surface area contributed by atoms with Gasteiger partial charge < -0.3 is 20.1 Å². The summed E-state index contributed by atoms with van der Waals surface area (Å²) in [6, 6.07) is 7.38. The van der Waals surface area contributed by atoms with Crippen molar-refractivity contribution in [3.8, 4) is 5.75 Å². The molecule has 0 radical (unpaired) electrons. The number of nitrogens with zero attached hydrogens (tertiary/aromatic N) is 1. The van der Waals surface area contributed by atoms with E-state index in [4.69, 9.17) is 15.2 Å². The van der Waals surface area contributed by atoms with Gasteiger partial charge in [0.2, 0.25) is 0 Å². The lowest BCUT2D eigenvalue weighted by Gasteiger charge is -2.35. The molecule has 1 fully saturated rings. The van der Waals surface area contributed by atoms with Crippen molar-refractivity contribution in [1.82, 2.24) is 0 Å². The number of carbonyl (C=O) groups excluding carboxylic acids is 1. The Morgan fingerprint density at radius 1 is 1.47 bits per heavy atom. The molecule has 1 aliphatic rings. The third kappa shape index (κ3) is 3.05. The van der Waals surface area contributed by atoms with Crippen LogP contribution in [0.4, 0.5) is 5.69 Å². The fourth-order valence-electron chi connectivity index (χ4n) is 2.14. The molecule has 2 N–H and O–H groups in total. The average Bonchev–Trinajstić information content (AvgIpc) is 2.39. The van der Waals surface area contributed by atoms with Crippen LogP contribution in [0.1, 0.15) is 13.8 Å². The van der Waals surface area contributed by atoms with E-state index < -0.39 is 0 Å². The first-order chi connectivity index (χ1) is 9.13. The number of amides is 1. The molecule has 0 bridgehead atoms. The first kappa shape index (κ1) is 13.8. The summed E-state index contributed by atoms with van der Waals surface area (Å²) in [5, 5.41) is 0. The van der Waals surface area contributed by atoms with Crippen LogP contribution in [0.15, 0.2) is 24.3 Å². The molecule has 0 spiro atoms. The second-order valence-corrected chi connectivity index (χ2v) is 4.80. The molecular formula is C14H20N2O3. The maximum atomic E-state index is 12.1. The van der Waals surface area contributed by atoms with Gasteiger partial charge in [0.15, 0.2) is 0 Å². The molecule has 1 heterocycles. The minimum Gasteiger partial charge on any atom is -0.489 e. The molecule has 1 aromatic rings. The van der Waals surface area contributed by atoms with Crippen LogP contribution in [0.5, 0.6) is 5.75 Å². The Hall–Kier alpha value is -1.59. The van der Waals surface area contributed by atoms with E-state index in [0.29, 0.717) is 18.9 Å². The molecule has 0 aromatic heterocycles. The summed E-state index contributed by atoms with van der Waals surface area (Å²) in [5.74, 6) is 0.618. The van der Waals surface area contributed by atoms with E-state index in [-0.39, 0.29) is 24.7 Å². The van der Waals surface area contributed by atoms with E-state index in [1.54, 1.807) is 4.90 Å². The highest BCUT2D eigenvalue weighted by Crippen LogP contribution is 2.31. The Bertz CT molecular complexity index is 448. The van der Waals surface area contributed by atoms with Crippen molar-refractivity contribution in [2.75, 3.05) is 24.7 Å². The summed E-state index contributed by atoms with van der Waals surface area (Å²) < 4.78 is 11.0. The van der Waals surface area contributed by atoms with E-state index in [1.807, 2.05) is 38.1 Å². The van der Waals surface area contributed by atoms with E-state index in [2.05, 4.69) is 0 Å². The summed E-state index contributed by atoms with van der Waals surface area (Å²) in [4.78, 5) is 13.8. The number of ether oxygens (including phenoxy) is 2. The van der Waals surface area contributed by atoms with Gasteiger partial charge in [-0.05, 0) is 26.0 Å². The van der Waals surface area contributed by atoms with Crippen molar-refractivity contribution >= 4 is 11.6 Å². The van der Waals surface area contributed by atoms with E-state index >= 15 is 0 Å². The van der Waals surface area contributed by atoms with E-state index in [0.717, 1.165) is 5.69 Å². The first-order valence-electron chi connectivity index (χ1n) is 6.49. The first-order valence-corrected chi connectivity index (χ1v) is 6.49. The lowest BCUT2D eigenvalue weighted by molar-refractivity contribution is -0.127. The van der Waals surface area contributed by atoms with Gasteiger partial charge in [-0.3, -0.25) is 4.79 Å². The van der Waals surface area contributed by atoms with Crippen LogP contribution >= 0.6 is 0 Å². The lowest BCUT2D eigenvalue weighted by Crippen LogP contribution is -2.53. The highest BCUT2D eigenvalue weighted by molar-refractivity contribution is 5.97. The second kappa shape index (κ2) is 6.04. The predicted molar refractivity (Wildman–Crippen MR) is 73.4 cm³/mol. The maximum Gasteiger partial charge on any atom is 0.253 e. The Morgan fingerprint density at radius 3 is 2.89 bits per heavy atom. The zero-order chi connectivity index (χ0) is 13.8. The smallest absolute Gasteiger partial charge is 0.253 e. The molecule has 1 unspecified atom stereocenters. The van der Waals surface area contributed by atoms with Gasteiger partial charge >= 0.3 is 0 Å². The van der Waals surface area contributed by atoms with Gasteiger partial charge in [-0.25, -0.2) is 0 Å². The quantitative estimate of drug-likeness (QED) is 0.886. The third-order valence-corrected chi connectivity index (χ3v) is 2.93. The molecule has 0 saturated carbocycles. The molecule has 0 aliphatic carbocycles. The van der Waals surface area contributed by atoms with Crippen molar-refractivity contribution < 1.29 is 14.3 Å². The van der Waals surface area contributed by atoms with Crippen molar-refractivity contribution in [3.63, 3.8) is 0 Å². The molecule has 1 amide bonds. The topological polar surface area (TPSA) is 64.8 Å². The largest absolute Gasteiger partial charge is 0.489 e. The Kier molecular flexibility index (Phi) is 4.39. The van der Waals surface area contributed by atoms with Gasteiger partial charge in [-0.15, -0.1) is 0 Å². The molecular weight excluding hydrogens is 244 g/mol. The van der Waals surface area contributed by atoms with Crippen LogP contribution in [0.25, 0.3) is 0 Å². The van der Waals surface area contributed by atoms with Crippen molar-refractivity contribution in [2.45, 2.75) is 26.0 Å². The molecule has 5 heteroatoms. The number of rotatable bonds is 4. The number of benzene rings is 1.